The minimum absolute atomic E-state index is 0.366. The summed E-state index contributed by atoms with van der Waals surface area (Å²) >= 11 is 1.51. The first-order valence-corrected chi connectivity index (χ1v) is 25.4. The first-order valence-electron chi connectivity index (χ1n) is 24.5. The Bertz CT molecular complexity index is 4580. The Kier molecular flexibility index (Phi) is 11.2. The first kappa shape index (κ1) is 44.7. The monoisotopic (exact) mass is 977 g/mol. The molecule has 75 heavy (non-hydrogen) atoms. The molecule has 13 rings (SSSR count). The molecule has 8 nitrogen and oxygen atoms in total. The minimum Gasteiger partial charge on any atom is -0.308 e. The van der Waals surface area contributed by atoms with Gasteiger partial charge in [-0.3, -0.25) is 0 Å². The molecule has 0 saturated heterocycles. The van der Waals surface area contributed by atoms with Gasteiger partial charge >= 0.3 is 5.84 Å². The fourth-order valence-electron chi connectivity index (χ4n) is 10.7. The molecule has 0 spiro atoms. The Hall–Kier alpha value is -10.2. The van der Waals surface area contributed by atoms with Gasteiger partial charge in [0.15, 0.2) is 0 Å². The van der Waals surface area contributed by atoms with E-state index in [1.807, 2.05) is 66.7 Å². The van der Waals surface area contributed by atoms with Crippen molar-refractivity contribution in [3.05, 3.63) is 263 Å². The number of fused-ring (bicyclic) bond motifs is 12. The molecule has 0 bridgehead atoms. The zero-order valence-electron chi connectivity index (χ0n) is 40.2. The lowest BCUT2D eigenvalue weighted by Gasteiger charge is -2.14. The van der Waals surface area contributed by atoms with E-state index in [0.717, 1.165) is 109 Å². The van der Waals surface area contributed by atoms with Crippen LogP contribution in [0.25, 0.3) is 87.3 Å². The van der Waals surface area contributed by atoms with Crippen molar-refractivity contribution >= 4 is 88.9 Å². The summed E-state index contributed by atoms with van der Waals surface area (Å²) in [5, 5.41) is 26.3. The molecule has 13 aromatic rings. The number of nitriles is 2. The lowest BCUT2D eigenvalue weighted by Crippen LogP contribution is -2.05. The third-order valence-corrected chi connectivity index (χ3v) is 15.0. The van der Waals surface area contributed by atoms with Gasteiger partial charge in [-0.05, 0) is 120 Å². The molecule has 0 radical (unpaired) electrons. The summed E-state index contributed by atoms with van der Waals surface area (Å²) in [4.78, 5) is 16.0. The fourth-order valence-corrected chi connectivity index (χ4v) is 11.5. The number of rotatable bonds is 9. The average molecular weight is 978 g/mol. The summed E-state index contributed by atoms with van der Waals surface area (Å²) in [6, 6.07) is 83.5. The van der Waals surface area contributed by atoms with Gasteiger partial charge in [0.25, 0.3) is 5.84 Å². The number of para-hydroxylation sites is 4. The number of benzene rings is 10. The molecule has 0 aliphatic carbocycles. The van der Waals surface area contributed by atoms with Crippen LogP contribution in [0.3, 0.4) is 0 Å². The van der Waals surface area contributed by atoms with E-state index in [9.17, 15) is 10.5 Å². The fraction of sp³-hybridized carbons (Fsp3) is 0.0152. The highest BCUT2D eigenvalue weighted by atomic mass is 32.2. The smallest absolute Gasteiger partial charge is 0.308 e. The number of nitrogens with zero attached hydrogens (tertiary/aromatic N) is 8. The summed E-state index contributed by atoms with van der Waals surface area (Å²) in [6.45, 7) is 6.66. The largest absolute Gasteiger partial charge is 0.434 e. The molecule has 10 aromatic carbocycles. The average Bonchev–Trinajstić information content (AvgIpc) is 4.33. The van der Waals surface area contributed by atoms with Crippen molar-refractivity contribution in [3.8, 4) is 35.8 Å². The predicted molar refractivity (Wildman–Crippen MR) is 307 cm³/mol. The van der Waals surface area contributed by atoms with Crippen LogP contribution < -0.4 is 0 Å². The zero-order chi connectivity index (χ0) is 50.4. The Morgan fingerprint density at radius 1 is 0.480 bits per heavy atom. The number of aliphatic imine (C=N–C) groups is 2. The maximum Gasteiger partial charge on any atom is 0.434 e. The van der Waals surface area contributed by atoms with Crippen molar-refractivity contribution in [3.63, 3.8) is 0 Å². The molecule has 0 saturated carbocycles. The standard InChI is InChI=1S/C66H41N8S/c1-69-65(71-66(45-19-7-3-8-20-45)70-42-43-17-5-2-6-18-43)46-30-32-49(33-31-46)73-56-27-15-12-24-53(56)61-63(73)59-52-23-11-14-26-55(52)72(48-21-9-4-10-22-48)62(59)60-54-25-13-16-28-57(54)74(64(60)61)50-34-36-51(37-35-50)75-58-38-29-44(40-67)39-47(58)41-68/h1-39H,42H2/q+1. The molecule has 350 valence electrons. The van der Waals surface area contributed by atoms with E-state index < -0.39 is 0 Å². The van der Waals surface area contributed by atoms with Crippen LogP contribution in [0.5, 0.6) is 0 Å². The van der Waals surface area contributed by atoms with Crippen molar-refractivity contribution < 1.29 is 0 Å². The maximum absolute atomic E-state index is 10.00. The number of amidine groups is 2. The summed E-state index contributed by atoms with van der Waals surface area (Å²) in [7, 11) is 0. The summed E-state index contributed by atoms with van der Waals surface area (Å²) in [5.74, 6) is 0.908. The van der Waals surface area contributed by atoms with E-state index in [0.29, 0.717) is 29.3 Å². The number of aromatic nitrogens is 3. The topological polar surface area (TPSA) is 91.4 Å². The van der Waals surface area contributed by atoms with E-state index in [4.69, 9.17) is 16.6 Å². The van der Waals surface area contributed by atoms with Gasteiger partial charge in [-0.1, -0.05) is 133 Å². The van der Waals surface area contributed by atoms with Gasteiger partial charge in [0.2, 0.25) is 0 Å². The molecule has 0 atom stereocenters. The van der Waals surface area contributed by atoms with E-state index in [-0.39, 0.29) is 0 Å². The third kappa shape index (κ3) is 7.61. The minimum atomic E-state index is 0.366. The van der Waals surface area contributed by atoms with E-state index in [1.54, 1.807) is 12.1 Å². The van der Waals surface area contributed by atoms with Crippen LogP contribution in [-0.4, -0.2) is 25.4 Å². The highest BCUT2D eigenvalue weighted by Gasteiger charge is 2.29. The van der Waals surface area contributed by atoms with Gasteiger partial charge in [0.1, 0.15) is 12.6 Å². The van der Waals surface area contributed by atoms with Crippen LogP contribution >= 0.6 is 11.8 Å². The summed E-state index contributed by atoms with van der Waals surface area (Å²) in [6.07, 6.45) is 0. The van der Waals surface area contributed by atoms with Gasteiger partial charge < -0.3 is 13.7 Å². The van der Waals surface area contributed by atoms with Crippen LogP contribution in [0.2, 0.25) is 0 Å². The lowest BCUT2D eigenvalue weighted by molar-refractivity contribution is 1.06. The third-order valence-electron chi connectivity index (χ3n) is 13.9. The van der Waals surface area contributed by atoms with Gasteiger partial charge in [-0.15, -0.1) is 0 Å². The molecule has 9 heteroatoms. The molecular formula is C66H41N8S+. The van der Waals surface area contributed by atoms with Crippen molar-refractivity contribution in [2.75, 3.05) is 0 Å². The van der Waals surface area contributed by atoms with E-state index in [1.165, 1.54) is 11.8 Å². The maximum atomic E-state index is 10.00. The molecule has 0 amide bonds. The van der Waals surface area contributed by atoms with Gasteiger partial charge in [-0.25, -0.2) is 4.99 Å². The van der Waals surface area contributed by atoms with Crippen LogP contribution in [0.4, 0.5) is 0 Å². The normalized spacial score (nSPS) is 12.0. The second-order valence-corrected chi connectivity index (χ2v) is 19.3. The van der Waals surface area contributed by atoms with Crippen molar-refractivity contribution in [1.82, 2.24) is 13.7 Å². The Labute approximate surface area is 436 Å². The zero-order valence-corrected chi connectivity index (χ0v) is 41.0. The summed E-state index contributed by atoms with van der Waals surface area (Å²) < 4.78 is 7.27. The Morgan fingerprint density at radius 2 is 0.947 bits per heavy atom. The quantitative estimate of drug-likeness (QED) is 0.107. The van der Waals surface area contributed by atoms with Crippen LogP contribution in [-0.2, 0) is 6.54 Å². The molecule has 0 aliphatic rings. The molecule has 3 heterocycles. The molecule has 3 aromatic heterocycles. The lowest BCUT2D eigenvalue weighted by atomic mass is 10.0. The number of hydrogen-bond donors (Lipinski definition) is 0. The van der Waals surface area contributed by atoms with E-state index >= 15 is 0 Å². The van der Waals surface area contributed by atoms with Crippen LogP contribution in [0.1, 0.15) is 27.8 Å². The molecule has 0 fully saturated rings. The highest BCUT2D eigenvalue weighted by molar-refractivity contribution is 7.99. The Morgan fingerprint density at radius 3 is 1.45 bits per heavy atom. The van der Waals surface area contributed by atoms with E-state index in [2.05, 4.69) is 182 Å². The Balaban J connectivity index is 1.07. The van der Waals surface area contributed by atoms with Crippen molar-refractivity contribution in [2.24, 2.45) is 9.98 Å². The molecule has 0 N–H and O–H groups in total. The second-order valence-electron chi connectivity index (χ2n) is 18.2. The second kappa shape index (κ2) is 18.7. The van der Waals surface area contributed by atoms with Crippen LogP contribution in [0, 0.1) is 29.2 Å². The number of hydrogen-bond acceptors (Lipinski definition) is 4. The molecule has 0 aliphatic heterocycles. The van der Waals surface area contributed by atoms with Gasteiger partial charge in [0, 0.05) is 64.7 Å². The van der Waals surface area contributed by atoms with Crippen LogP contribution in [0.15, 0.2) is 250 Å². The van der Waals surface area contributed by atoms with Gasteiger partial charge in [0.05, 0.1) is 62.4 Å². The van der Waals surface area contributed by atoms with Crippen molar-refractivity contribution in [2.45, 2.75) is 16.3 Å². The SMILES string of the molecule is C#[N+]C(=NC(=NCc1ccccc1)c1ccccc1)c1ccc(-n2c3ccccc3c3c4c(c5ccccc5n4-c4ccc(Sc5ccc(C#N)cc5C#N)cc4)c4c(c5ccccc5n4-c4ccccc4)c32)cc1. The molecule has 0 unspecified atom stereocenters. The predicted octanol–water partition coefficient (Wildman–Crippen LogP) is 16.2. The highest BCUT2D eigenvalue weighted by Crippen LogP contribution is 2.50. The van der Waals surface area contributed by atoms with Crippen molar-refractivity contribution in [1.29, 1.82) is 10.5 Å². The van der Waals surface area contributed by atoms with Gasteiger partial charge in [-0.2, -0.15) is 15.4 Å². The molecular weight excluding hydrogens is 937 g/mol. The first-order chi connectivity index (χ1) is 37.1. The summed E-state index contributed by atoms with van der Waals surface area (Å²) in [5.41, 5.74) is 13.2.